The van der Waals surface area contributed by atoms with Gasteiger partial charge in [-0.3, -0.25) is 0 Å². The lowest BCUT2D eigenvalue weighted by Crippen LogP contribution is -2.35. The second-order valence-corrected chi connectivity index (χ2v) is 4.60. The van der Waals surface area contributed by atoms with E-state index in [1.807, 2.05) is 12.1 Å². The van der Waals surface area contributed by atoms with Crippen LogP contribution in [-0.4, -0.2) is 52.1 Å². The van der Waals surface area contributed by atoms with Gasteiger partial charge in [-0.15, -0.1) is 14.8 Å². The van der Waals surface area contributed by atoms with Gasteiger partial charge < -0.3 is 9.64 Å². The number of piperidine rings is 1. The number of nitrogens with zero attached hydrogens (tertiary/aromatic N) is 6. The summed E-state index contributed by atoms with van der Waals surface area (Å²) in [6.07, 6.45) is 2.28. The largest absolute Gasteiger partial charge is 0.384 e. The Hall–Kier alpha value is -1.76. The minimum Gasteiger partial charge on any atom is -0.384 e. The monoisotopic (exact) mass is 248 g/mol. The number of hydrogen-bond donors (Lipinski definition) is 0. The van der Waals surface area contributed by atoms with Gasteiger partial charge in [-0.2, -0.15) is 0 Å². The van der Waals surface area contributed by atoms with Gasteiger partial charge in [-0.05, 0) is 41.3 Å². The molecule has 18 heavy (non-hydrogen) atoms. The van der Waals surface area contributed by atoms with Gasteiger partial charge in [0.2, 0.25) is 0 Å². The molecule has 0 aliphatic carbocycles. The van der Waals surface area contributed by atoms with Crippen LogP contribution in [-0.2, 0) is 4.74 Å². The standard InChI is InChI=1S/C11H16N6O/c1-18-8-9-4-6-16(7-5-9)11-3-2-10-12-14-15-17(10)13-11/h2-3,9H,4-8H2,1H3. The van der Waals surface area contributed by atoms with Gasteiger partial charge in [0.1, 0.15) is 0 Å². The second-order valence-electron chi connectivity index (χ2n) is 4.60. The van der Waals surface area contributed by atoms with Crippen molar-refractivity contribution in [3.05, 3.63) is 12.1 Å². The predicted octanol–water partition coefficient (Wildman–Crippen LogP) is 0.382. The molecule has 1 aliphatic rings. The molecule has 1 aliphatic heterocycles. The Morgan fingerprint density at radius 2 is 2.17 bits per heavy atom. The smallest absolute Gasteiger partial charge is 0.200 e. The van der Waals surface area contributed by atoms with E-state index in [-0.39, 0.29) is 0 Å². The molecule has 2 aromatic heterocycles. The maximum Gasteiger partial charge on any atom is 0.200 e. The highest BCUT2D eigenvalue weighted by atomic mass is 16.5. The molecule has 0 saturated carbocycles. The van der Waals surface area contributed by atoms with Gasteiger partial charge in [0.15, 0.2) is 11.5 Å². The Bertz CT molecular complexity index is 519. The van der Waals surface area contributed by atoms with E-state index >= 15 is 0 Å². The Balaban J connectivity index is 1.71. The minimum absolute atomic E-state index is 0.669. The molecule has 0 atom stereocenters. The van der Waals surface area contributed by atoms with Crippen molar-refractivity contribution in [2.75, 3.05) is 31.7 Å². The number of methoxy groups -OCH3 is 1. The van der Waals surface area contributed by atoms with Crippen LogP contribution in [0.4, 0.5) is 5.82 Å². The van der Waals surface area contributed by atoms with Crippen LogP contribution in [0, 0.1) is 5.92 Å². The molecule has 1 fully saturated rings. The van der Waals surface area contributed by atoms with E-state index in [0.717, 1.165) is 38.4 Å². The first-order valence-electron chi connectivity index (χ1n) is 6.16. The number of aromatic nitrogens is 5. The third-order valence-electron chi connectivity index (χ3n) is 3.40. The molecule has 3 heterocycles. The van der Waals surface area contributed by atoms with Crippen molar-refractivity contribution < 1.29 is 4.74 Å². The third kappa shape index (κ3) is 2.13. The summed E-state index contributed by atoms with van der Waals surface area (Å²) in [6, 6.07) is 3.87. The summed E-state index contributed by atoms with van der Waals surface area (Å²) in [5.74, 6) is 1.61. The minimum atomic E-state index is 0.669. The van der Waals surface area contributed by atoms with Crippen molar-refractivity contribution in [2.24, 2.45) is 5.92 Å². The molecular weight excluding hydrogens is 232 g/mol. The lowest BCUT2D eigenvalue weighted by molar-refractivity contribution is 0.139. The topological polar surface area (TPSA) is 68.4 Å². The summed E-state index contributed by atoms with van der Waals surface area (Å²) >= 11 is 0. The molecule has 0 N–H and O–H groups in total. The van der Waals surface area contributed by atoms with Gasteiger partial charge in [-0.25, -0.2) is 0 Å². The fraction of sp³-hybridized carbons (Fsp3) is 0.636. The molecule has 0 unspecified atom stereocenters. The number of rotatable bonds is 3. The lowest BCUT2D eigenvalue weighted by atomic mass is 9.98. The second kappa shape index (κ2) is 4.85. The van der Waals surface area contributed by atoms with Crippen molar-refractivity contribution >= 4 is 11.5 Å². The molecular formula is C11H16N6O. The molecule has 0 radical (unpaired) electrons. The average molecular weight is 248 g/mol. The van der Waals surface area contributed by atoms with E-state index in [0.29, 0.717) is 11.6 Å². The SMILES string of the molecule is COCC1CCN(c2ccc3nnnn3n2)CC1. The number of tetrazole rings is 1. The number of ether oxygens (including phenoxy) is 1. The van der Waals surface area contributed by atoms with Crippen LogP contribution in [0.5, 0.6) is 0 Å². The van der Waals surface area contributed by atoms with Crippen LogP contribution in [0.3, 0.4) is 0 Å². The Morgan fingerprint density at radius 1 is 1.33 bits per heavy atom. The fourth-order valence-corrected chi connectivity index (χ4v) is 2.37. The van der Waals surface area contributed by atoms with Crippen LogP contribution in [0.2, 0.25) is 0 Å². The zero-order valence-corrected chi connectivity index (χ0v) is 10.4. The molecule has 96 valence electrons. The highest BCUT2D eigenvalue weighted by Gasteiger charge is 2.20. The average Bonchev–Trinajstić information content (AvgIpc) is 2.87. The predicted molar refractivity (Wildman–Crippen MR) is 65.4 cm³/mol. The summed E-state index contributed by atoms with van der Waals surface area (Å²) < 4.78 is 6.67. The summed E-state index contributed by atoms with van der Waals surface area (Å²) in [6.45, 7) is 2.87. The van der Waals surface area contributed by atoms with Gasteiger partial charge in [0.25, 0.3) is 0 Å². The van der Waals surface area contributed by atoms with E-state index < -0.39 is 0 Å². The summed E-state index contributed by atoms with van der Waals surface area (Å²) in [4.78, 5) is 2.27. The van der Waals surface area contributed by atoms with Gasteiger partial charge in [0.05, 0.1) is 0 Å². The van der Waals surface area contributed by atoms with E-state index in [1.54, 1.807) is 7.11 Å². The molecule has 7 nitrogen and oxygen atoms in total. The van der Waals surface area contributed by atoms with Gasteiger partial charge in [-0.1, -0.05) is 0 Å². The number of anilines is 1. The number of fused-ring (bicyclic) bond motifs is 1. The Labute approximate surface area is 105 Å². The molecule has 2 aromatic rings. The Kier molecular flexibility index (Phi) is 3.06. The molecule has 7 heteroatoms. The van der Waals surface area contributed by atoms with E-state index in [2.05, 4.69) is 25.5 Å². The molecule has 0 amide bonds. The fourth-order valence-electron chi connectivity index (χ4n) is 2.37. The quantitative estimate of drug-likeness (QED) is 0.782. The Morgan fingerprint density at radius 3 is 2.94 bits per heavy atom. The van der Waals surface area contributed by atoms with Crippen LogP contribution in [0.1, 0.15) is 12.8 Å². The van der Waals surface area contributed by atoms with Crippen LogP contribution in [0.15, 0.2) is 12.1 Å². The van der Waals surface area contributed by atoms with Gasteiger partial charge in [0, 0.05) is 26.8 Å². The van der Waals surface area contributed by atoms with Gasteiger partial charge >= 0.3 is 0 Å². The van der Waals surface area contributed by atoms with Crippen molar-refractivity contribution in [3.63, 3.8) is 0 Å². The van der Waals surface area contributed by atoms with E-state index in [4.69, 9.17) is 4.74 Å². The highest BCUT2D eigenvalue weighted by Crippen LogP contribution is 2.21. The zero-order valence-electron chi connectivity index (χ0n) is 10.4. The molecule has 3 rings (SSSR count). The first-order chi connectivity index (χ1) is 8.86. The van der Waals surface area contributed by atoms with Crippen LogP contribution in [0.25, 0.3) is 5.65 Å². The maximum atomic E-state index is 5.20. The van der Waals surface area contributed by atoms with Crippen LogP contribution < -0.4 is 4.90 Å². The third-order valence-corrected chi connectivity index (χ3v) is 3.40. The summed E-state index contributed by atoms with van der Waals surface area (Å²) in [5.41, 5.74) is 0.674. The van der Waals surface area contributed by atoms with Crippen molar-refractivity contribution in [1.29, 1.82) is 0 Å². The molecule has 1 saturated heterocycles. The first kappa shape index (κ1) is 11.3. The van der Waals surface area contributed by atoms with Crippen molar-refractivity contribution in [1.82, 2.24) is 25.3 Å². The molecule has 0 spiro atoms. The highest BCUT2D eigenvalue weighted by molar-refractivity contribution is 5.44. The number of hydrogen-bond acceptors (Lipinski definition) is 6. The molecule has 0 aromatic carbocycles. The van der Waals surface area contributed by atoms with E-state index in [9.17, 15) is 0 Å². The summed E-state index contributed by atoms with van der Waals surface area (Å²) in [5, 5.41) is 15.7. The van der Waals surface area contributed by atoms with Crippen molar-refractivity contribution in [3.8, 4) is 0 Å². The van der Waals surface area contributed by atoms with Crippen molar-refractivity contribution in [2.45, 2.75) is 12.8 Å². The zero-order chi connectivity index (χ0) is 12.4. The maximum absolute atomic E-state index is 5.20. The molecule has 0 bridgehead atoms. The summed E-state index contributed by atoms with van der Waals surface area (Å²) in [7, 11) is 1.76. The first-order valence-corrected chi connectivity index (χ1v) is 6.16. The normalized spacial score (nSPS) is 17.5. The lowest BCUT2D eigenvalue weighted by Gasteiger charge is -2.32. The van der Waals surface area contributed by atoms with E-state index in [1.165, 1.54) is 4.63 Å². The van der Waals surface area contributed by atoms with Crippen LogP contribution >= 0.6 is 0 Å².